The lowest BCUT2D eigenvalue weighted by molar-refractivity contribution is -0.384. The molecule has 2 aromatic carbocycles. The third kappa shape index (κ3) is 4.36. The quantitative estimate of drug-likeness (QED) is 0.428. The lowest BCUT2D eigenvalue weighted by Gasteiger charge is -2.05. The first kappa shape index (κ1) is 17.1. The Kier molecular flexibility index (Phi) is 5.45. The maximum absolute atomic E-state index is 12.0. The molecule has 118 valence electrons. The molecule has 0 radical (unpaired) electrons. The fraction of sp³-hybridized carbons (Fsp3) is 0. The lowest BCUT2D eigenvalue weighted by Crippen LogP contribution is -2.17. The number of phenolic OH excluding ortho intramolecular Hbond substituents is 1. The smallest absolute Gasteiger partial charge is 0.275 e. The van der Waals surface area contributed by atoms with Gasteiger partial charge in [-0.2, -0.15) is 5.10 Å². The summed E-state index contributed by atoms with van der Waals surface area (Å²) < 4.78 is 0.989. The molecule has 0 fully saturated rings. The van der Waals surface area contributed by atoms with Crippen molar-refractivity contribution in [3.05, 3.63) is 66.6 Å². The molecule has 2 aromatic rings. The highest BCUT2D eigenvalue weighted by atomic mass is 79.9. The first-order chi connectivity index (χ1) is 10.9. The maximum Gasteiger partial charge on any atom is 0.275 e. The zero-order valence-electron chi connectivity index (χ0n) is 11.4. The molecule has 9 heteroatoms. The summed E-state index contributed by atoms with van der Waals surface area (Å²) in [6.07, 6.45) is 1.34. The molecule has 0 bridgehead atoms. The molecule has 2 N–H and O–H groups in total. The zero-order valence-corrected chi connectivity index (χ0v) is 14.5. The molecule has 0 aliphatic heterocycles. The van der Waals surface area contributed by atoms with Crippen LogP contribution >= 0.6 is 31.9 Å². The minimum atomic E-state index is -0.595. The van der Waals surface area contributed by atoms with Gasteiger partial charge in [0.25, 0.3) is 11.6 Å². The summed E-state index contributed by atoms with van der Waals surface area (Å²) in [6.45, 7) is 0. The average molecular weight is 443 g/mol. The number of nitrogens with one attached hydrogen (secondary N) is 1. The second-order valence-electron chi connectivity index (χ2n) is 4.33. The Hall–Kier alpha value is -2.26. The Balaban J connectivity index is 2.08. The molecule has 0 atom stereocenters. The molecule has 23 heavy (non-hydrogen) atoms. The molecule has 0 aliphatic rings. The molecular weight excluding hydrogens is 434 g/mol. The number of benzene rings is 2. The first-order valence-corrected chi connectivity index (χ1v) is 7.73. The number of halogens is 2. The Morgan fingerprint density at radius 1 is 1.26 bits per heavy atom. The van der Waals surface area contributed by atoms with E-state index in [-0.39, 0.29) is 17.0 Å². The van der Waals surface area contributed by atoms with Gasteiger partial charge >= 0.3 is 0 Å². The number of rotatable bonds is 4. The number of carbonyl (C=O) groups excluding carboxylic acids is 1. The van der Waals surface area contributed by atoms with Crippen LogP contribution in [0.4, 0.5) is 5.69 Å². The van der Waals surface area contributed by atoms with Gasteiger partial charge in [0, 0.05) is 16.6 Å². The van der Waals surface area contributed by atoms with Crippen LogP contribution < -0.4 is 5.43 Å². The standard InChI is InChI=1S/C14H9Br2N3O4/c15-9-5-11(13(20)12(16)6-9)14(21)18-17-7-8-1-3-10(4-2-8)19(22)23/h1-7,20H,(H,18,21)/b17-7+. The predicted molar refractivity (Wildman–Crippen MR) is 91.7 cm³/mol. The van der Waals surface area contributed by atoms with Gasteiger partial charge in [-0.05, 0) is 45.8 Å². The molecule has 2 rings (SSSR count). The van der Waals surface area contributed by atoms with Crippen molar-refractivity contribution in [1.29, 1.82) is 0 Å². The van der Waals surface area contributed by atoms with E-state index in [1.807, 2.05) is 0 Å². The summed E-state index contributed by atoms with van der Waals surface area (Å²) in [5, 5.41) is 24.1. The van der Waals surface area contributed by atoms with Crippen LogP contribution in [-0.4, -0.2) is 22.2 Å². The molecule has 0 aliphatic carbocycles. The second-order valence-corrected chi connectivity index (χ2v) is 6.10. The topological polar surface area (TPSA) is 105 Å². The Morgan fingerprint density at radius 2 is 1.91 bits per heavy atom. The van der Waals surface area contributed by atoms with Gasteiger partial charge in [-0.15, -0.1) is 0 Å². The van der Waals surface area contributed by atoms with E-state index in [2.05, 4.69) is 42.4 Å². The molecule has 0 aromatic heterocycles. The van der Waals surface area contributed by atoms with Gasteiger partial charge < -0.3 is 5.11 Å². The van der Waals surface area contributed by atoms with Crippen LogP contribution in [0.15, 0.2) is 50.4 Å². The van der Waals surface area contributed by atoms with Gasteiger partial charge in [-0.1, -0.05) is 15.9 Å². The number of hydrogen-bond donors (Lipinski definition) is 2. The number of aromatic hydroxyl groups is 1. The number of nitro groups is 1. The van der Waals surface area contributed by atoms with Gasteiger partial charge in [0.05, 0.1) is 21.2 Å². The van der Waals surface area contributed by atoms with Gasteiger partial charge in [-0.25, -0.2) is 5.43 Å². The van der Waals surface area contributed by atoms with Gasteiger partial charge in [0.15, 0.2) is 0 Å². The number of non-ortho nitro benzene ring substituents is 1. The largest absolute Gasteiger partial charge is 0.506 e. The van der Waals surface area contributed by atoms with Crippen LogP contribution in [-0.2, 0) is 0 Å². The first-order valence-electron chi connectivity index (χ1n) is 6.14. The minimum Gasteiger partial charge on any atom is -0.506 e. The number of hydrogen-bond acceptors (Lipinski definition) is 5. The van der Waals surface area contributed by atoms with Crippen LogP contribution in [0.2, 0.25) is 0 Å². The van der Waals surface area contributed by atoms with E-state index in [1.165, 1.54) is 36.5 Å². The molecule has 0 heterocycles. The van der Waals surface area contributed by atoms with Crippen molar-refractivity contribution >= 4 is 49.7 Å². The molecule has 0 saturated carbocycles. The number of phenols is 1. The van der Waals surface area contributed by atoms with Crippen molar-refractivity contribution in [2.45, 2.75) is 0 Å². The Morgan fingerprint density at radius 3 is 2.52 bits per heavy atom. The Bertz CT molecular complexity index is 791. The fourth-order valence-electron chi connectivity index (χ4n) is 1.65. The molecular formula is C14H9Br2N3O4. The van der Waals surface area contributed by atoms with Crippen molar-refractivity contribution in [1.82, 2.24) is 5.43 Å². The summed E-state index contributed by atoms with van der Waals surface area (Å²) in [5.41, 5.74) is 2.87. The summed E-state index contributed by atoms with van der Waals surface area (Å²) >= 11 is 6.36. The van der Waals surface area contributed by atoms with Crippen LogP contribution in [0, 0.1) is 10.1 Å². The van der Waals surface area contributed by atoms with Gasteiger partial charge in [-0.3, -0.25) is 14.9 Å². The summed E-state index contributed by atoms with van der Waals surface area (Å²) in [7, 11) is 0. The average Bonchev–Trinajstić information content (AvgIpc) is 2.51. The van der Waals surface area contributed by atoms with Crippen molar-refractivity contribution in [3.63, 3.8) is 0 Å². The lowest BCUT2D eigenvalue weighted by atomic mass is 10.2. The van der Waals surface area contributed by atoms with Crippen molar-refractivity contribution in [2.24, 2.45) is 5.10 Å². The third-order valence-electron chi connectivity index (χ3n) is 2.76. The Labute approximate surface area is 147 Å². The van der Waals surface area contributed by atoms with E-state index in [0.29, 0.717) is 14.5 Å². The highest BCUT2D eigenvalue weighted by Gasteiger charge is 2.14. The number of nitrogens with zero attached hydrogens (tertiary/aromatic N) is 2. The predicted octanol–water partition coefficient (Wildman–Crippen LogP) is 3.59. The van der Waals surface area contributed by atoms with E-state index in [9.17, 15) is 20.0 Å². The second kappa shape index (κ2) is 7.34. The summed E-state index contributed by atoms with van der Waals surface area (Å²) in [6, 6.07) is 8.73. The molecule has 7 nitrogen and oxygen atoms in total. The van der Waals surface area contributed by atoms with Crippen molar-refractivity contribution < 1.29 is 14.8 Å². The van der Waals surface area contributed by atoms with Crippen LogP contribution in [0.1, 0.15) is 15.9 Å². The fourth-order valence-corrected chi connectivity index (χ4v) is 2.87. The minimum absolute atomic E-state index is 0.0323. The highest BCUT2D eigenvalue weighted by Crippen LogP contribution is 2.31. The molecule has 0 saturated heterocycles. The van der Waals surface area contributed by atoms with Crippen LogP contribution in [0.5, 0.6) is 5.75 Å². The van der Waals surface area contributed by atoms with Gasteiger partial charge in [0.1, 0.15) is 5.75 Å². The van der Waals surface area contributed by atoms with Crippen LogP contribution in [0.25, 0.3) is 0 Å². The van der Waals surface area contributed by atoms with E-state index < -0.39 is 10.8 Å². The normalized spacial score (nSPS) is 10.7. The highest BCUT2D eigenvalue weighted by molar-refractivity contribution is 9.11. The molecule has 1 amide bonds. The zero-order chi connectivity index (χ0) is 17.0. The molecule has 0 unspecified atom stereocenters. The van der Waals surface area contributed by atoms with E-state index in [4.69, 9.17) is 0 Å². The SMILES string of the molecule is O=C(N/N=C/c1ccc([N+](=O)[O-])cc1)c1cc(Br)cc(Br)c1O. The molecule has 0 spiro atoms. The number of amides is 1. The number of carbonyl (C=O) groups is 1. The monoisotopic (exact) mass is 441 g/mol. The van der Waals surface area contributed by atoms with E-state index in [0.717, 1.165) is 0 Å². The van der Waals surface area contributed by atoms with Crippen LogP contribution in [0.3, 0.4) is 0 Å². The van der Waals surface area contributed by atoms with Crippen molar-refractivity contribution in [2.75, 3.05) is 0 Å². The third-order valence-corrected chi connectivity index (χ3v) is 3.82. The van der Waals surface area contributed by atoms with Gasteiger partial charge in [0.2, 0.25) is 0 Å². The van der Waals surface area contributed by atoms with Crippen molar-refractivity contribution in [3.8, 4) is 5.75 Å². The summed E-state index contributed by atoms with van der Waals surface area (Å²) in [4.78, 5) is 22.0. The number of nitro benzene ring substituents is 1. The summed E-state index contributed by atoms with van der Waals surface area (Å²) in [5.74, 6) is -0.793. The van der Waals surface area contributed by atoms with E-state index >= 15 is 0 Å². The number of hydrazone groups is 1. The maximum atomic E-state index is 12.0. The van der Waals surface area contributed by atoms with E-state index in [1.54, 1.807) is 6.07 Å².